The molecule has 0 aromatic heterocycles. The lowest BCUT2D eigenvalue weighted by Gasteiger charge is -2.58. The van der Waals surface area contributed by atoms with Crippen molar-refractivity contribution in [3.05, 3.63) is 40.6 Å². The fourth-order valence-corrected chi connectivity index (χ4v) is 8.26. The summed E-state index contributed by atoms with van der Waals surface area (Å²) < 4.78 is 80.5. The Hall–Kier alpha value is -2.52. The van der Waals surface area contributed by atoms with Crippen molar-refractivity contribution in [2.24, 2.45) is 34.5 Å². The summed E-state index contributed by atoms with van der Waals surface area (Å²) in [5.41, 5.74) is -2.24. The standard InChI is InChI=1S/C28H32F6N2O2/c1-14-22(37)9-11-26(3)18-8-10-25(2)17(16(18)13-35-23(14)26)6-7-20(25)24(38)36-21-12-15(27(29,30)31)4-5-19(21)28(32,33)34/h4-5,12,16-18,20,35H,6-11,13H2,1-3H3,(H,36,38)/t16?,17?,18?,20-,25+,26-/m1/s1. The Morgan fingerprint density at radius 3 is 2.37 bits per heavy atom. The molecule has 1 aromatic rings. The molecule has 1 heterocycles. The smallest absolute Gasteiger partial charge is 0.387 e. The van der Waals surface area contributed by atoms with E-state index < -0.39 is 46.4 Å². The van der Waals surface area contributed by atoms with Gasteiger partial charge in [-0.3, -0.25) is 9.59 Å². The highest BCUT2D eigenvalue weighted by Gasteiger charge is 2.61. The molecule has 4 nitrogen and oxygen atoms in total. The van der Waals surface area contributed by atoms with E-state index in [0.29, 0.717) is 49.9 Å². The van der Waals surface area contributed by atoms with Crippen molar-refractivity contribution in [2.75, 3.05) is 11.9 Å². The van der Waals surface area contributed by atoms with Crippen molar-refractivity contribution in [2.45, 2.75) is 71.6 Å². The van der Waals surface area contributed by atoms with E-state index in [2.05, 4.69) is 17.6 Å². The fraction of sp³-hybridized carbons (Fsp3) is 0.643. The number of halogens is 6. The molecule has 208 valence electrons. The summed E-state index contributed by atoms with van der Waals surface area (Å²) in [5.74, 6) is -0.405. The quantitative estimate of drug-likeness (QED) is 0.397. The van der Waals surface area contributed by atoms with Crippen LogP contribution in [0.5, 0.6) is 0 Å². The SMILES string of the molecule is CC1=C2NCC3C(CC[C@@]4(C)C3CC[C@@H]4C(=O)Nc3cc(C(F)(F)F)ccc3C(F)(F)F)[C@@]2(C)CCC1=O. The van der Waals surface area contributed by atoms with Gasteiger partial charge >= 0.3 is 12.4 Å². The molecule has 10 heteroatoms. The maximum Gasteiger partial charge on any atom is 0.418 e. The van der Waals surface area contributed by atoms with E-state index in [1.54, 1.807) is 0 Å². The van der Waals surface area contributed by atoms with E-state index in [4.69, 9.17) is 0 Å². The predicted octanol–water partition coefficient (Wildman–Crippen LogP) is 6.97. The van der Waals surface area contributed by atoms with E-state index in [9.17, 15) is 35.9 Å². The first-order valence-corrected chi connectivity index (χ1v) is 13.1. The minimum Gasteiger partial charge on any atom is -0.387 e. The molecule has 0 bridgehead atoms. The molecule has 1 saturated heterocycles. The summed E-state index contributed by atoms with van der Waals surface area (Å²) in [7, 11) is 0. The number of anilines is 1. The number of carbonyl (C=O) groups is 2. The molecule has 3 fully saturated rings. The molecule has 6 atom stereocenters. The number of hydrogen-bond acceptors (Lipinski definition) is 3. The molecule has 0 radical (unpaired) electrons. The third-order valence-electron chi connectivity index (χ3n) is 10.2. The zero-order chi connectivity index (χ0) is 27.8. The maximum absolute atomic E-state index is 13.6. The van der Waals surface area contributed by atoms with Gasteiger partial charge in [0.2, 0.25) is 5.91 Å². The minimum atomic E-state index is -4.92. The van der Waals surface area contributed by atoms with Gasteiger partial charge in [0.25, 0.3) is 0 Å². The third kappa shape index (κ3) is 4.13. The number of benzene rings is 1. The van der Waals surface area contributed by atoms with Gasteiger partial charge in [-0.1, -0.05) is 13.8 Å². The van der Waals surface area contributed by atoms with Gasteiger partial charge in [-0.15, -0.1) is 0 Å². The van der Waals surface area contributed by atoms with E-state index in [0.717, 1.165) is 30.5 Å². The van der Waals surface area contributed by atoms with Gasteiger partial charge in [-0.05, 0) is 80.4 Å². The first-order chi connectivity index (χ1) is 17.6. The Bertz CT molecular complexity index is 1200. The second kappa shape index (κ2) is 8.74. The number of hydrogen-bond donors (Lipinski definition) is 2. The number of Topliss-reactive ketones (excluding diaryl/α,β-unsaturated/α-hetero) is 1. The van der Waals surface area contributed by atoms with Crippen molar-refractivity contribution in [3.63, 3.8) is 0 Å². The van der Waals surface area contributed by atoms with Crippen molar-refractivity contribution >= 4 is 17.4 Å². The Labute approximate surface area is 217 Å². The number of amides is 1. The van der Waals surface area contributed by atoms with Crippen LogP contribution in [0.3, 0.4) is 0 Å². The normalized spacial score (nSPS) is 35.2. The van der Waals surface area contributed by atoms with Crippen LogP contribution >= 0.6 is 0 Å². The number of rotatable bonds is 2. The molecule has 3 unspecified atom stereocenters. The lowest BCUT2D eigenvalue weighted by molar-refractivity contribution is -0.141. The number of carbonyl (C=O) groups excluding carboxylic acids is 2. The molecule has 38 heavy (non-hydrogen) atoms. The number of alkyl halides is 6. The van der Waals surface area contributed by atoms with Gasteiger partial charge in [-0.2, -0.15) is 26.3 Å². The summed E-state index contributed by atoms with van der Waals surface area (Å²) in [4.78, 5) is 25.8. The summed E-state index contributed by atoms with van der Waals surface area (Å²) in [5, 5.41) is 5.77. The molecule has 5 rings (SSSR count). The molecule has 0 spiro atoms. The molecular weight excluding hydrogens is 510 g/mol. The van der Waals surface area contributed by atoms with Gasteiger partial charge in [0.1, 0.15) is 0 Å². The van der Waals surface area contributed by atoms with E-state index in [1.165, 1.54) is 0 Å². The monoisotopic (exact) mass is 542 g/mol. The van der Waals surface area contributed by atoms with Crippen LogP contribution in [0.25, 0.3) is 0 Å². The number of allylic oxidation sites excluding steroid dienone is 2. The van der Waals surface area contributed by atoms with Crippen LogP contribution in [0.1, 0.15) is 70.4 Å². The van der Waals surface area contributed by atoms with Gasteiger partial charge in [0.15, 0.2) is 5.78 Å². The highest BCUT2D eigenvalue weighted by Crippen LogP contribution is 2.64. The molecule has 3 aliphatic carbocycles. The van der Waals surface area contributed by atoms with Crippen LogP contribution in [0.4, 0.5) is 32.0 Å². The van der Waals surface area contributed by atoms with Crippen molar-refractivity contribution in [3.8, 4) is 0 Å². The average molecular weight is 543 g/mol. The lowest BCUT2D eigenvalue weighted by atomic mass is 9.49. The first-order valence-electron chi connectivity index (χ1n) is 13.1. The highest BCUT2D eigenvalue weighted by atomic mass is 19.4. The van der Waals surface area contributed by atoms with Crippen LogP contribution in [-0.2, 0) is 21.9 Å². The van der Waals surface area contributed by atoms with Crippen LogP contribution in [-0.4, -0.2) is 18.2 Å². The topological polar surface area (TPSA) is 58.2 Å². The van der Waals surface area contributed by atoms with Gasteiger partial charge in [0.05, 0.1) is 16.8 Å². The summed E-state index contributed by atoms with van der Waals surface area (Å²) >= 11 is 0. The maximum atomic E-state index is 13.6. The number of fused-ring (bicyclic) bond motifs is 5. The predicted molar refractivity (Wildman–Crippen MR) is 129 cm³/mol. The van der Waals surface area contributed by atoms with E-state index in [1.807, 2.05) is 13.8 Å². The second-order valence-electron chi connectivity index (χ2n) is 12.0. The van der Waals surface area contributed by atoms with Gasteiger partial charge in [-0.25, -0.2) is 0 Å². The average Bonchev–Trinajstić information content (AvgIpc) is 3.18. The van der Waals surface area contributed by atoms with Gasteiger partial charge < -0.3 is 10.6 Å². The molecule has 1 amide bonds. The van der Waals surface area contributed by atoms with Crippen molar-refractivity contribution < 1.29 is 35.9 Å². The Balaban J connectivity index is 1.41. The summed E-state index contributed by atoms with van der Waals surface area (Å²) in [6.45, 7) is 6.75. The second-order valence-corrected chi connectivity index (χ2v) is 12.0. The molecule has 2 saturated carbocycles. The molecule has 2 N–H and O–H groups in total. The molecular formula is C28H32F6N2O2. The van der Waals surface area contributed by atoms with Crippen LogP contribution in [0.2, 0.25) is 0 Å². The zero-order valence-corrected chi connectivity index (χ0v) is 21.6. The fourth-order valence-electron chi connectivity index (χ4n) is 8.26. The third-order valence-corrected chi connectivity index (χ3v) is 10.2. The van der Waals surface area contributed by atoms with Crippen molar-refractivity contribution in [1.82, 2.24) is 5.32 Å². The van der Waals surface area contributed by atoms with Crippen LogP contribution in [0, 0.1) is 34.5 Å². The highest BCUT2D eigenvalue weighted by molar-refractivity contribution is 5.97. The summed E-state index contributed by atoms with van der Waals surface area (Å²) in [6.07, 6.45) is -5.79. The van der Waals surface area contributed by atoms with Crippen LogP contribution < -0.4 is 10.6 Å². The van der Waals surface area contributed by atoms with E-state index in [-0.39, 0.29) is 23.0 Å². The van der Waals surface area contributed by atoms with Gasteiger partial charge in [0, 0.05) is 35.6 Å². The largest absolute Gasteiger partial charge is 0.418 e. The molecule has 1 aromatic carbocycles. The Morgan fingerprint density at radius 1 is 1.00 bits per heavy atom. The first kappa shape index (κ1) is 27.1. The number of ketones is 1. The molecule has 4 aliphatic rings. The number of piperidine rings is 1. The zero-order valence-electron chi connectivity index (χ0n) is 21.6. The summed E-state index contributed by atoms with van der Waals surface area (Å²) in [6, 6.07) is 1.13. The van der Waals surface area contributed by atoms with Crippen molar-refractivity contribution in [1.29, 1.82) is 0 Å². The van der Waals surface area contributed by atoms with E-state index >= 15 is 0 Å². The minimum absolute atomic E-state index is 0.143. The Morgan fingerprint density at radius 2 is 1.71 bits per heavy atom. The number of nitrogens with one attached hydrogen (secondary N) is 2. The van der Waals surface area contributed by atoms with Crippen LogP contribution in [0.15, 0.2) is 29.5 Å². The molecule has 1 aliphatic heterocycles. The Kier molecular flexibility index (Phi) is 6.23. The lowest BCUT2D eigenvalue weighted by Crippen LogP contribution is -2.57.